The Bertz CT molecular complexity index is 1260. The molecule has 1 heterocycles. The maximum absolute atomic E-state index is 11.0. The van der Waals surface area contributed by atoms with Crippen LogP contribution in [0, 0.1) is 5.41 Å². The maximum Gasteiger partial charge on any atom is 0.288 e. The number of aliphatic imine (C=N–C) groups is 1. The summed E-state index contributed by atoms with van der Waals surface area (Å²) >= 11 is 0. The molecule has 0 aliphatic heterocycles. The van der Waals surface area contributed by atoms with Gasteiger partial charge in [-0.25, -0.2) is 4.99 Å². The number of hydrogen-bond acceptors (Lipinski definition) is 5. The third-order valence-corrected chi connectivity index (χ3v) is 4.83. The second kappa shape index (κ2) is 13.7. The first kappa shape index (κ1) is 26.5. The molecule has 0 radical (unpaired) electrons. The number of fused-ring (bicyclic) bond motifs is 1. The number of aromatic amines is 1. The number of nitrogens with two attached hydrogens (primary N) is 3. The van der Waals surface area contributed by atoms with E-state index in [1.165, 1.54) is 17.1 Å². The van der Waals surface area contributed by atoms with Crippen molar-refractivity contribution in [2.75, 3.05) is 5.73 Å². The fourth-order valence-electron chi connectivity index (χ4n) is 3.05. The van der Waals surface area contributed by atoms with E-state index < -0.39 is 11.9 Å². The van der Waals surface area contributed by atoms with Crippen LogP contribution < -0.4 is 22.5 Å². The van der Waals surface area contributed by atoms with Gasteiger partial charge in [0.1, 0.15) is 12.2 Å². The zero-order valence-electron chi connectivity index (χ0n) is 19.3. The average molecular weight is 472 g/mol. The number of anilines is 1. The van der Waals surface area contributed by atoms with Gasteiger partial charge in [0, 0.05) is 29.2 Å². The van der Waals surface area contributed by atoms with Gasteiger partial charge in [0.05, 0.1) is 6.04 Å². The zero-order valence-corrected chi connectivity index (χ0v) is 19.3. The molecule has 0 spiro atoms. The van der Waals surface area contributed by atoms with Crippen LogP contribution in [0.2, 0.25) is 0 Å². The van der Waals surface area contributed by atoms with E-state index in [0.29, 0.717) is 22.4 Å². The fraction of sp³-hybridized carbons (Fsp3) is 0.0769. The molecule has 2 aromatic carbocycles. The minimum Gasteiger partial charge on any atom is -0.398 e. The molecule has 1 atom stereocenters. The van der Waals surface area contributed by atoms with Gasteiger partial charge in [-0.3, -0.25) is 15.0 Å². The highest BCUT2D eigenvalue weighted by Crippen LogP contribution is 2.26. The second-order valence-electron chi connectivity index (χ2n) is 7.18. The van der Waals surface area contributed by atoms with Gasteiger partial charge in [-0.05, 0) is 59.9 Å². The number of nitrogen functional groups attached to an aromatic ring is 1. The summed E-state index contributed by atoms with van der Waals surface area (Å²) in [5.41, 5.74) is 21.7. The van der Waals surface area contributed by atoms with E-state index in [9.17, 15) is 9.59 Å². The van der Waals surface area contributed by atoms with Crippen LogP contribution >= 0.6 is 0 Å². The molecule has 1 aromatic heterocycles. The molecule has 0 saturated heterocycles. The smallest absolute Gasteiger partial charge is 0.288 e. The van der Waals surface area contributed by atoms with E-state index in [1.807, 2.05) is 31.3 Å². The molecule has 1 unspecified atom stereocenters. The van der Waals surface area contributed by atoms with Crippen LogP contribution in [-0.2, 0) is 9.59 Å². The molecule has 0 aliphatic rings. The van der Waals surface area contributed by atoms with E-state index in [2.05, 4.69) is 33.5 Å². The van der Waals surface area contributed by atoms with Crippen LogP contribution in [0.15, 0.2) is 95.8 Å². The van der Waals surface area contributed by atoms with Gasteiger partial charge in [0.25, 0.3) is 5.91 Å². The molecule has 0 fully saturated rings. The number of amides is 1. The average Bonchev–Trinajstić information content (AvgIpc) is 3.35. The van der Waals surface area contributed by atoms with Crippen LogP contribution in [-0.4, -0.2) is 29.4 Å². The van der Waals surface area contributed by atoms with Gasteiger partial charge < -0.3 is 27.5 Å². The molecule has 35 heavy (non-hydrogen) atoms. The number of nitrogens with one attached hydrogen (secondary N) is 3. The topological polar surface area (TPSA) is 176 Å². The number of benzene rings is 2. The number of allylic oxidation sites excluding steroid dienone is 3. The lowest BCUT2D eigenvalue weighted by Gasteiger charge is -2.17. The van der Waals surface area contributed by atoms with Gasteiger partial charge in [-0.15, -0.1) is 0 Å². The normalized spacial score (nSPS) is 12.9. The van der Waals surface area contributed by atoms with Crippen LogP contribution in [0.4, 0.5) is 5.69 Å². The highest BCUT2D eigenvalue weighted by molar-refractivity contribution is 6.23. The van der Waals surface area contributed by atoms with Gasteiger partial charge in [-0.2, -0.15) is 0 Å². The Morgan fingerprint density at radius 1 is 1.20 bits per heavy atom. The van der Waals surface area contributed by atoms with Crippen LogP contribution in [0.3, 0.4) is 0 Å². The molecular weight excluding hydrogens is 442 g/mol. The highest BCUT2D eigenvalue weighted by atomic mass is 16.2. The summed E-state index contributed by atoms with van der Waals surface area (Å²) in [6.07, 6.45) is 11.2. The third kappa shape index (κ3) is 7.95. The Kier molecular flexibility index (Phi) is 10.4. The van der Waals surface area contributed by atoms with Crippen molar-refractivity contribution in [2.45, 2.75) is 13.0 Å². The Balaban J connectivity index is 0.000000393. The Labute approximate surface area is 203 Å². The van der Waals surface area contributed by atoms with Gasteiger partial charge in [0.15, 0.2) is 0 Å². The van der Waals surface area contributed by atoms with Crippen molar-refractivity contribution in [1.29, 1.82) is 5.41 Å². The molecule has 3 rings (SSSR count). The van der Waals surface area contributed by atoms with Crippen molar-refractivity contribution in [2.24, 2.45) is 16.5 Å². The van der Waals surface area contributed by atoms with E-state index in [1.54, 1.807) is 36.4 Å². The number of amidine groups is 1. The quantitative estimate of drug-likeness (QED) is 0.0737. The number of para-hydroxylation sites is 1. The van der Waals surface area contributed by atoms with Crippen molar-refractivity contribution >= 4 is 41.0 Å². The summed E-state index contributed by atoms with van der Waals surface area (Å²) in [7, 11) is 0. The lowest BCUT2D eigenvalue weighted by Crippen LogP contribution is -2.20. The molecule has 180 valence electrons. The van der Waals surface area contributed by atoms with E-state index in [-0.39, 0.29) is 12.1 Å². The SMILES string of the molecule is C\C=C/C=C(\C=C\NC(=O)C=O)C(N)c1cc(C(N)=NC=N)ccc1N.c1ccc2[nH]ccc2c1. The number of rotatable bonds is 8. The summed E-state index contributed by atoms with van der Waals surface area (Å²) in [6, 6.07) is 14.7. The minimum absolute atomic E-state index is 0.168. The molecule has 0 saturated carbocycles. The Hall–Kier alpha value is -4.76. The molecule has 1 amide bonds. The summed E-state index contributed by atoms with van der Waals surface area (Å²) in [6.45, 7) is 1.85. The second-order valence-corrected chi connectivity index (χ2v) is 7.18. The number of hydrogen-bond donors (Lipinski definition) is 6. The molecule has 9 N–H and O–H groups in total. The number of aromatic nitrogens is 1. The van der Waals surface area contributed by atoms with Crippen molar-refractivity contribution in [1.82, 2.24) is 10.3 Å². The van der Waals surface area contributed by atoms with Crippen molar-refractivity contribution in [3.8, 4) is 0 Å². The van der Waals surface area contributed by atoms with E-state index in [4.69, 9.17) is 22.6 Å². The first-order valence-electron chi connectivity index (χ1n) is 10.7. The number of H-pyrrole nitrogens is 1. The van der Waals surface area contributed by atoms with E-state index >= 15 is 0 Å². The van der Waals surface area contributed by atoms with Crippen LogP contribution in [0.25, 0.3) is 10.9 Å². The number of nitrogens with zero attached hydrogens (tertiary/aromatic N) is 1. The monoisotopic (exact) mass is 471 g/mol. The molecule has 9 nitrogen and oxygen atoms in total. The van der Waals surface area contributed by atoms with Crippen LogP contribution in [0.5, 0.6) is 0 Å². The predicted octanol–water partition coefficient (Wildman–Crippen LogP) is 3.08. The molecular formula is C26H29N7O2. The van der Waals surface area contributed by atoms with Crippen molar-refractivity contribution < 1.29 is 9.59 Å². The van der Waals surface area contributed by atoms with Gasteiger partial charge in [0.2, 0.25) is 6.29 Å². The standard InChI is InChI=1S/C18H22N6O2.C8H7N/c1-2-3-4-12(7-8-23-16(26)10-25)17(21)14-9-13(5-6-15(14)20)18(22)24-11-19;1-2-4-8-7(3-1)5-6-9-8/h2-11,17H,20-21H2,1H3,(H,23,26)(H3,19,22,24);1-6,9H/b3-2-,8-7+,12-4+;. The largest absolute Gasteiger partial charge is 0.398 e. The van der Waals surface area contributed by atoms with Crippen molar-refractivity contribution in [3.05, 3.63) is 102 Å². The van der Waals surface area contributed by atoms with Gasteiger partial charge in [-0.1, -0.05) is 36.4 Å². The molecule has 3 aromatic rings. The summed E-state index contributed by atoms with van der Waals surface area (Å²) in [4.78, 5) is 28.2. The Morgan fingerprint density at radius 3 is 2.66 bits per heavy atom. The fourth-order valence-corrected chi connectivity index (χ4v) is 3.05. The summed E-state index contributed by atoms with van der Waals surface area (Å²) < 4.78 is 0. The third-order valence-electron chi connectivity index (χ3n) is 4.83. The summed E-state index contributed by atoms with van der Waals surface area (Å²) in [5.74, 6) is -0.599. The molecule has 0 aliphatic carbocycles. The molecule has 0 bridgehead atoms. The molecule has 9 heteroatoms. The first-order valence-corrected chi connectivity index (χ1v) is 10.7. The number of carbonyl (C=O) groups is 2. The lowest BCUT2D eigenvalue weighted by atomic mass is 9.95. The van der Waals surface area contributed by atoms with E-state index in [0.717, 1.165) is 6.34 Å². The summed E-state index contributed by atoms with van der Waals surface area (Å²) in [5, 5.41) is 10.6. The minimum atomic E-state index is -0.766. The highest BCUT2D eigenvalue weighted by Gasteiger charge is 2.14. The lowest BCUT2D eigenvalue weighted by molar-refractivity contribution is -0.130. The van der Waals surface area contributed by atoms with Crippen molar-refractivity contribution in [3.63, 3.8) is 0 Å². The Morgan fingerprint density at radius 2 is 1.97 bits per heavy atom. The van der Waals surface area contributed by atoms with Crippen LogP contribution in [0.1, 0.15) is 24.1 Å². The maximum atomic E-state index is 11.0. The predicted molar refractivity (Wildman–Crippen MR) is 142 cm³/mol. The van der Waals surface area contributed by atoms with Gasteiger partial charge >= 0.3 is 0 Å². The number of aldehydes is 1. The zero-order chi connectivity index (χ0) is 25.6. The number of carbonyl (C=O) groups excluding carboxylic acids is 2. The first-order chi connectivity index (χ1) is 16.9.